The zero-order valence-electron chi connectivity index (χ0n) is 12.1. The first-order valence-corrected chi connectivity index (χ1v) is 7.22. The van der Waals surface area contributed by atoms with Crippen molar-refractivity contribution in [1.82, 2.24) is 4.90 Å². The number of likely N-dealkylation sites (tertiary alicyclic amines) is 1. The maximum Gasteiger partial charge on any atom is 0.137 e. The number of ether oxygens (including phenoxy) is 1. The van der Waals surface area contributed by atoms with Crippen molar-refractivity contribution in [3.05, 3.63) is 29.3 Å². The lowest BCUT2D eigenvalue weighted by molar-refractivity contribution is 0.0831. The van der Waals surface area contributed by atoms with Gasteiger partial charge >= 0.3 is 0 Å². The minimum absolute atomic E-state index is 0. The molecule has 0 radical (unpaired) electrons. The van der Waals surface area contributed by atoms with Gasteiger partial charge in [-0.2, -0.15) is 0 Å². The normalized spacial score (nSPS) is 22.1. The summed E-state index contributed by atoms with van der Waals surface area (Å²) in [4.78, 5) is 2.42. The first kappa shape index (κ1) is 17.6. The monoisotopic (exact) mass is 318 g/mol. The van der Waals surface area contributed by atoms with Gasteiger partial charge in [0.1, 0.15) is 12.4 Å². The van der Waals surface area contributed by atoms with Crippen LogP contribution in [0.25, 0.3) is 0 Å². The molecule has 1 unspecified atom stereocenters. The van der Waals surface area contributed by atoms with Crippen molar-refractivity contribution in [2.24, 2.45) is 11.1 Å². The van der Waals surface area contributed by atoms with Crippen molar-refractivity contribution >= 4 is 24.0 Å². The Hall–Kier alpha value is -0.480. The van der Waals surface area contributed by atoms with Crippen LogP contribution in [0.5, 0.6) is 5.75 Å². The maximum atomic E-state index is 6.14. The molecule has 0 aromatic heterocycles. The van der Waals surface area contributed by atoms with Gasteiger partial charge in [0, 0.05) is 19.1 Å². The molecule has 1 saturated heterocycles. The number of para-hydroxylation sites is 1. The summed E-state index contributed by atoms with van der Waals surface area (Å²) in [5.74, 6) is 0.761. The summed E-state index contributed by atoms with van der Waals surface area (Å²) in [6.45, 7) is 8.13. The molecule has 1 fully saturated rings. The quantitative estimate of drug-likeness (QED) is 0.926. The summed E-state index contributed by atoms with van der Waals surface area (Å²) in [7, 11) is 0. The van der Waals surface area contributed by atoms with E-state index in [-0.39, 0.29) is 17.8 Å². The van der Waals surface area contributed by atoms with E-state index in [0.29, 0.717) is 17.7 Å². The fraction of sp³-hybridized carbons (Fsp3) is 0.600. The van der Waals surface area contributed by atoms with E-state index in [9.17, 15) is 0 Å². The van der Waals surface area contributed by atoms with Gasteiger partial charge in [0.25, 0.3) is 0 Å². The Balaban J connectivity index is 0.00000200. The number of rotatable bonds is 4. The number of benzene rings is 1. The fourth-order valence-corrected chi connectivity index (χ4v) is 2.71. The van der Waals surface area contributed by atoms with Crippen LogP contribution in [-0.4, -0.2) is 37.2 Å². The Morgan fingerprint density at radius 2 is 2.10 bits per heavy atom. The lowest BCUT2D eigenvalue weighted by atomic mass is 9.80. The molecule has 0 spiro atoms. The molecule has 114 valence electrons. The third-order valence-electron chi connectivity index (χ3n) is 3.89. The number of nitrogens with zero attached hydrogens (tertiary/aromatic N) is 1. The van der Waals surface area contributed by atoms with E-state index in [1.165, 1.54) is 0 Å². The third kappa shape index (κ3) is 4.52. The summed E-state index contributed by atoms with van der Waals surface area (Å²) in [5.41, 5.74) is 6.32. The van der Waals surface area contributed by atoms with E-state index in [1.54, 1.807) is 0 Å². The Morgan fingerprint density at radius 3 is 2.75 bits per heavy atom. The summed E-state index contributed by atoms with van der Waals surface area (Å²) < 4.78 is 5.73. The Morgan fingerprint density at radius 1 is 1.40 bits per heavy atom. The van der Waals surface area contributed by atoms with Crippen molar-refractivity contribution in [2.75, 3.05) is 26.2 Å². The van der Waals surface area contributed by atoms with Gasteiger partial charge in [-0.25, -0.2) is 0 Å². The third-order valence-corrected chi connectivity index (χ3v) is 4.21. The number of piperidine rings is 1. The van der Waals surface area contributed by atoms with E-state index in [2.05, 4.69) is 18.7 Å². The molecule has 2 N–H and O–H groups in total. The fourth-order valence-electron chi connectivity index (χ4n) is 2.52. The predicted molar refractivity (Wildman–Crippen MR) is 87.0 cm³/mol. The highest BCUT2D eigenvalue weighted by Gasteiger charge is 2.33. The van der Waals surface area contributed by atoms with Crippen LogP contribution in [0, 0.1) is 5.41 Å². The molecule has 0 aliphatic carbocycles. The number of nitrogens with two attached hydrogens (primary N) is 1. The van der Waals surface area contributed by atoms with E-state index in [0.717, 1.165) is 31.8 Å². The summed E-state index contributed by atoms with van der Waals surface area (Å²) in [6, 6.07) is 7.89. The molecular formula is C15H24Cl2N2O. The lowest BCUT2D eigenvalue weighted by Crippen LogP contribution is -2.53. The number of halogens is 2. The Bertz CT molecular complexity index is 426. The highest BCUT2D eigenvalue weighted by atomic mass is 35.5. The molecule has 5 heteroatoms. The van der Waals surface area contributed by atoms with Gasteiger partial charge in [-0.1, -0.05) is 37.6 Å². The van der Waals surface area contributed by atoms with E-state index >= 15 is 0 Å². The first-order valence-electron chi connectivity index (χ1n) is 6.84. The van der Waals surface area contributed by atoms with Gasteiger partial charge in [-0.05, 0) is 30.5 Å². The van der Waals surface area contributed by atoms with Crippen LogP contribution >= 0.6 is 24.0 Å². The largest absolute Gasteiger partial charge is 0.491 e. The molecular weight excluding hydrogens is 295 g/mol. The Labute approximate surface area is 132 Å². The molecule has 3 nitrogen and oxygen atoms in total. The van der Waals surface area contributed by atoms with Crippen molar-refractivity contribution < 1.29 is 4.74 Å². The molecule has 20 heavy (non-hydrogen) atoms. The maximum absolute atomic E-state index is 6.14. The van der Waals surface area contributed by atoms with Crippen molar-refractivity contribution in [1.29, 1.82) is 0 Å². The summed E-state index contributed by atoms with van der Waals surface area (Å²) in [6.07, 6.45) is 1.05. The average Bonchev–Trinajstić information content (AvgIpc) is 2.36. The van der Waals surface area contributed by atoms with Crippen LogP contribution in [0.15, 0.2) is 24.3 Å². The van der Waals surface area contributed by atoms with Crippen LogP contribution in [0.1, 0.15) is 20.3 Å². The van der Waals surface area contributed by atoms with Gasteiger partial charge in [0.2, 0.25) is 0 Å². The van der Waals surface area contributed by atoms with Crippen molar-refractivity contribution in [3.63, 3.8) is 0 Å². The molecule has 1 aromatic carbocycles. The molecule has 0 bridgehead atoms. The standard InChI is InChI=1S/C15H23ClN2O.ClH/c1-15(2)11-18(8-7-14(15)17)9-10-19-13-6-4-3-5-12(13)16;/h3-6,14H,7-11,17H2,1-2H3;1H. The van der Waals surface area contributed by atoms with Gasteiger partial charge in [-0.3, -0.25) is 4.90 Å². The van der Waals surface area contributed by atoms with Crippen LogP contribution in [-0.2, 0) is 0 Å². The molecule has 1 atom stereocenters. The highest BCUT2D eigenvalue weighted by molar-refractivity contribution is 6.32. The van der Waals surface area contributed by atoms with Crippen molar-refractivity contribution in [2.45, 2.75) is 26.3 Å². The molecule has 2 rings (SSSR count). The van der Waals surface area contributed by atoms with Gasteiger partial charge < -0.3 is 10.5 Å². The second-order valence-corrected chi connectivity index (χ2v) is 6.35. The lowest BCUT2D eigenvalue weighted by Gasteiger charge is -2.42. The van der Waals surface area contributed by atoms with Gasteiger partial charge in [0.05, 0.1) is 5.02 Å². The van der Waals surface area contributed by atoms with Crippen LogP contribution in [0.4, 0.5) is 0 Å². The molecule has 0 amide bonds. The van der Waals surface area contributed by atoms with Crippen LogP contribution in [0.2, 0.25) is 5.02 Å². The predicted octanol–water partition coefficient (Wildman–Crippen LogP) is 3.20. The van der Waals surface area contributed by atoms with Crippen molar-refractivity contribution in [3.8, 4) is 5.75 Å². The Kier molecular flexibility index (Phi) is 6.59. The van der Waals surface area contributed by atoms with E-state index in [4.69, 9.17) is 22.1 Å². The highest BCUT2D eigenvalue weighted by Crippen LogP contribution is 2.27. The molecule has 1 heterocycles. The van der Waals surface area contributed by atoms with Gasteiger partial charge in [0.15, 0.2) is 0 Å². The van der Waals surface area contributed by atoms with E-state index in [1.807, 2.05) is 24.3 Å². The number of hydrogen-bond acceptors (Lipinski definition) is 3. The molecule has 1 aromatic rings. The topological polar surface area (TPSA) is 38.5 Å². The summed E-state index contributed by atoms with van der Waals surface area (Å²) >= 11 is 6.06. The minimum atomic E-state index is 0. The molecule has 1 aliphatic heterocycles. The molecule has 1 aliphatic rings. The smallest absolute Gasteiger partial charge is 0.137 e. The number of hydrogen-bond donors (Lipinski definition) is 1. The zero-order valence-corrected chi connectivity index (χ0v) is 13.7. The van der Waals surface area contributed by atoms with Gasteiger partial charge in [-0.15, -0.1) is 12.4 Å². The second kappa shape index (κ2) is 7.51. The van der Waals surface area contributed by atoms with Crippen LogP contribution < -0.4 is 10.5 Å². The average molecular weight is 319 g/mol. The van der Waals surface area contributed by atoms with E-state index < -0.39 is 0 Å². The first-order chi connectivity index (χ1) is 8.99. The second-order valence-electron chi connectivity index (χ2n) is 5.94. The zero-order chi connectivity index (χ0) is 13.9. The van der Waals surface area contributed by atoms with Crippen LogP contribution in [0.3, 0.4) is 0 Å². The SMILES string of the molecule is CC1(C)CN(CCOc2ccccc2Cl)CCC1N.Cl. The summed E-state index contributed by atoms with van der Waals surface area (Å²) in [5, 5.41) is 0.670. The minimum Gasteiger partial charge on any atom is -0.491 e. The molecule has 0 saturated carbocycles.